The number of amides is 1. The van der Waals surface area contributed by atoms with Gasteiger partial charge in [0.05, 0.1) is 35.3 Å². The smallest absolute Gasteiger partial charge is 0.285 e. The van der Waals surface area contributed by atoms with Gasteiger partial charge >= 0.3 is 0 Å². The Morgan fingerprint density at radius 1 is 1.23 bits per heavy atom. The van der Waals surface area contributed by atoms with Gasteiger partial charge in [-0.2, -0.15) is 0 Å². The van der Waals surface area contributed by atoms with Crippen molar-refractivity contribution in [2.24, 2.45) is 4.99 Å². The van der Waals surface area contributed by atoms with Gasteiger partial charge in [-0.05, 0) is 50.6 Å². The van der Waals surface area contributed by atoms with Crippen LogP contribution in [0, 0.1) is 19.3 Å². The Hall–Kier alpha value is -4.29. The van der Waals surface area contributed by atoms with Gasteiger partial charge in [-0.1, -0.05) is 17.7 Å². The number of fused-ring (bicyclic) bond motifs is 1. The van der Waals surface area contributed by atoms with E-state index in [1.165, 1.54) is 18.3 Å². The molecule has 1 aliphatic heterocycles. The van der Waals surface area contributed by atoms with E-state index in [1.54, 1.807) is 39.2 Å². The van der Waals surface area contributed by atoms with Crippen molar-refractivity contribution >= 4 is 61.8 Å². The predicted molar refractivity (Wildman–Crippen MR) is 157 cm³/mol. The third-order valence-corrected chi connectivity index (χ3v) is 6.82. The lowest BCUT2D eigenvalue weighted by Crippen LogP contribution is -2.31. The van der Waals surface area contributed by atoms with Crippen molar-refractivity contribution in [3.05, 3.63) is 85.6 Å². The van der Waals surface area contributed by atoms with Gasteiger partial charge in [-0.25, -0.2) is 18.1 Å². The summed E-state index contributed by atoms with van der Waals surface area (Å²) in [6.45, 7) is 5.31. The third kappa shape index (κ3) is 5.97. The molecule has 3 heterocycles. The summed E-state index contributed by atoms with van der Waals surface area (Å²) < 4.78 is 31.5. The number of hydrogen-bond acceptors (Lipinski definition) is 10. The van der Waals surface area contributed by atoms with Crippen molar-refractivity contribution in [2.75, 3.05) is 18.6 Å². The predicted octanol–water partition coefficient (Wildman–Crippen LogP) is 3.87. The van der Waals surface area contributed by atoms with Crippen LogP contribution in [0.3, 0.4) is 0 Å². The highest BCUT2D eigenvalue weighted by Crippen LogP contribution is 2.32. The highest BCUT2D eigenvalue weighted by molar-refractivity contribution is 7.89. The van der Waals surface area contributed by atoms with Crippen molar-refractivity contribution in [2.45, 2.75) is 26.8 Å². The van der Waals surface area contributed by atoms with E-state index in [2.05, 4.69) is 20.6 Å². The number of nitrogens with zero attached hydrogens (tertiary/aromatic N) is 2. The number of anilines is 1. The highest BCUT2D eigenvalue weighted by Gasteiger charge is 2.23. The Morgan fingerprint density at radius 2 is 1.95 bits per heavy atom. The summed E-state index contributed by atoms with van der Waals surface area (Å²) >= 11 is 5.99. The highest BCUT2D eigenvalue weighted by atomic mass is 35.5. The topological polar surface area (TPSA) is 167 Å². The van der Waals surface area contributed by atoms with Crippen LogP contribution in [0.2, 0.25) is 5.15 Å². The van der Waals surface area contributed by atoms with Crippen molar-refractivity contribution in [3.8, 4) is 0 Å². The number of rotatable bonds is 7. The van der Waals surface area contributed by atoms with Gasteiger partial charge in [-0.15, -0.1) is 0 Å². The van der Waals surface area contributed by atoms with Gasteiger partial charge < -0.3 is 15.1 Å². The van der Waals surface area contributed by atoms with Crippen molar-refractivity contribution in [3.63, 3.8) is 0 Å². The van der Waals surface area contributed by atoms with Crippen molar-refractivity contribution in [1.82, 2.24) is 15.0 Å². The zero-order chi connectivity index (χ0) is 29.4. The Kier molecular flexibility index (Phi) is 7.94. The van der Waals surface area contributed by atoms with E-state index in [4.69, 9.17) is 21.4 Å². The summed E-state index contributed by atoms with van der Waals surface area (Å²) in [5.74, 6) is -0.682. The number of halogens is 1. The van der Waals surface area contributed by atoms with E-state index in [0.717, 1.165) is 11.8 Å². The standard InChI is InChI=1S/C27H27ClN6O5S/c1-13-8-17(15(3)32-20-6-7-22(28)33-23(20)27(36)34-40(5,37)38)26-18(9-13)24(35)14(2)25(39-26)21-10-16(11-30-4)19(29)12-31-21/h6-12,15,29-30,32H,1-5H3,(H,34,36)/b16-11-,29-19?/t15-/m1/s1. The minimum atomic E-state index is -3.85. The monoisotopic (exact) mass is 582 g/mol. The maximum Gasteiger partial charge on any atom is 0.285 e. The minimum absolute atomic E-state index is 0.00468. The molecule has 40 heavy (non-hydrogen) atoms. The van der Waals surface area contributed by atoms with Crippen LogP contribution in [-0.4, -0.2) is 44.5 Å². The molecule has 208 valence electrons. The molecule has 0 bridgehead atoms. The number of benzene rings is 1. The molecule has 0 unspecified atom stereocenters. The zero-order valence-electron chi connectivity index (χ0n) is 22.3. The molecule has 1 amide bonds. The fourth-order valence-electron chi connectivity index (χ4n) is 4.26. The van der Waals surface area contributed by atoms with Gasteiger partial charge in [0.2, 0.25) is 10.0 Å². The molecule has 2 aromatic heterocycles. The van der Waals surface area contributed by atoms with Crippen molar-refractivity contribution in [1.29, 1.82) is 5.41 Å². The second kappa shape index (κ2) is 11.1. The number of carbonyl (C=O) groups is 1. The number of sulfonamides is 1. The molecule has 0 saturated carbocycles. The Labute approximate surface area is 235 Å². The summed E-state index contributed by atoms with van der Waals surface area (Å²) in [7, 11) is -2.13. The fraction of sp³-hybridized carbons (Fsp3) is 0.222. The molecule has 0 aliphatic carbocycles. The normalized spacial score (nSPS) is 15.2. The maximum atomic E-state index is 13.5. The molecule has 3 aromatic rings. The summed E-state index contributed by atoms with van der Waals surface area (Å²) in [6, 6.07) is 6.03. The summed E-state index contributed by atoms with van der Waals surface area (Å²) in [5.41, 5.74) is 3.05. The number of nitrogens with one attached hydrogen (secondary N) is 4. The lowest BCUT2D eigenvalue weighted by molar-refractivity contribution is 0.0977. The van der Waals surface area contributed by atoms with E-state index in [-0.39, 0.29) is 33.4 Å². The average molecular weight is 583 g/mol. The molecule has 0 fully saturated rings. The number of hydrogen-bond donors (Lipinski definition) is 4. The molecule has 0 saturated heterocycles. The van der Waals surface area contributed by atoms with Gasteiger partial charge in [-0.3, -0.25) is 20.0 Å². The van der Waals surface area contributed by atoms with E-state index < -0.39 is 22.0 Å². The number of aromatic nitrogens is 1. The van der Waals surface area contributed by atoms with Crippen LogP contribution >= 0.6 is 11.6 Å². The number of carbonyl (C=O) groups excluding carboxylic acids is 1. The molecular weight excluding hydrogens is 556 g/mol. The number of aliphatic imine (C=N–C) groups is 1. The SMILES string of the molecule is CN/C=C1/C=C(c2oc3c([C@@H](C)Nc4ccc(Cl)nc4C(=O)NS(C)(=O)=O)cc(C)cc3c(=O)c2C)N=CC1=N. The van der Waals surface area contributed by atoms with Gasteiger partial charge in [0.15, 0.2) is 16.9 Å². The minimum Gasteiger partial charge on any atom is -0.454 e. The van der Waals surface area contributed by atoms with Crippen LogP contribution in [-0.2, 0) is 10.0 Å². The van der Waals surface area contributed by atoms with Crippen LogP contribution in [0.1, 0.15) is 45.9 Å². The fourth-order valence-corrected chi connectivity index (χ4v) is 4.84. The molecule has 1 atom stereocenters. The van der Waals surface area contributed by atoms with Gasteiger partial charge in [0.25, 0.3) is 5.91 Å². The maximum absolute atomic E-state index is 13.5. The summed E-state index contributed by atoms with van der Waals surface area (Å²) in [4.78, 5) is 34.5. The molecule has 0 spiro atoms. The van der Waals surface area contributed by atoms with Crippen LogP contribution in [0.15, 0.2) is 56.3 Å². The molecular formula is C27H27ClN6O5S. The second-order valence-corrected chi connectivity index (χ2v) is 11.4. The first-order chi connectivity index (χ1) is 18.8. The first kappa shape index (κ1) is 28.7. The first-order valence-electron chi connectivity index (χ1n) is 12.0. The van der Waals surface area contributed by atoms with Crippen LogP contribution < -0.4 is 20.8 Å². The summed E-state index contributed by atoms with van der Waals surface area (Å²) in [6.07, 6.45) is 5.56. The zero-order valence-corrected chi connectivity index (χ0v) is 23.9. The van der Waals surface area contributed by atoms with Crippen LogP contribution in [0.5, 0.6) is 0 Å². The molecule has 13 heteroatoms. The number of aryl methyl sites for hydroxylation is 1. The van der Waals surface area contributed by atoms with Crippen LogP contribution in [0.25, 0.3) is 16.7 Å². The Morgan fingerprint density at radius 3 is 2.62 bits per heavy atom. The molecule has 4 N–H and O–H groups in total. The van der Waals surface area contributed by atoms with E-state index in [9.17, 15) is 18.0 Å². The molecule has 1 aromatic carbocycles. The largest absolute Gasteiger partial charge is 0.454 e. The van der Waals surface area contributed by atoms with E-state index >= 15 is 0 Å². The average Bonchev–Trinajstić information content (AvgIpc) is 2.87. The lowest BCUT2D eigenvalue weighted by Gasteiger charge is -2.20. The van der Waals surface area contributed by atoms with Crippen LogP contribution in [0.4, 0.5) is 5.69 Å². The Balaban J connectivity index is 1.84. The molecule has 11 nitrogen and oxygen atoms in total. The van der Waals surface area contributed by atoms with Gasteiger partial charge in [0, 0.05) is 29.9 Å². The second-order valence-electron chi connectivity index (χ2n) is 9.31. The van der Waals surface area contributed by atoms with Crippen molar-refractivity contribution < 1.29 is 17.6 Å². The number of allylic oxidation sites excluding steroid dienone is 2. The number of pyridine rings is 1. The third-order valence-electron chi connectivity index (χ3n) is 6.05. The van der Waals surface area contributed by atoms with E-state index in [0.29, 0.717) is 33.4 Å². The van der Waals surface area contributed by atoms with E-state index in [1.807, 2.05) is 17.7 Å². The molecule has 1 aliphatic rings. The Bertz CT molecular complexity index is 1830. The lowest BCUT2D eigenvalue weighted by atomic mass is 9.99. The first-order valence-corrected chi connectivity index (χ1v) is 14.3. The summed E-state index contributed by atoms with van der Waals surface area (Å²) in [5, 5.41) is 14.5. The van der Waals surface area contributed by atoms with Gasteiger partial charge in [0.1, 0.15) is 16.4 Å². The molecule has 0 radical (unpaired) electrons. The molecule has 4 rings (SSSR count). The quantitative estimate of drug-likeness (QED) is 0.305.